The SMILES string of the molecule is Cc1c(N(C)C(=O)N(C=O)Cc2cc3c(Cl)cccc3[nH]2)nc(Br)n1C. The van der Waals surface area contributed by atoms with Gasteiger partial charge in [-0.15, -0.1) is 0 Å². The van der Waals surface area contributed by atoms with Crippen LogP contribution >= 0.6 is 27.5 Å². The van der Waals surface area contributed by atoms with Crippen molar-refractivity contribution in [3.63, 3.8) is 0 Å². The van der Waals surface area contributed by atoms with Crippen LogP contribution in [0.15, 0.2) is 29.0 Å². The minimum absolute atomic E-state index is 0.102. The van der Waals surface area contributed by atoms with Gasteiger partial charge in [0, 0.05) is 35.7 Å². The molecule has 0 atom stereocenters. The van der Waals surface area contributed by atoms with Crippen molar-refractivity contribution in [2.24, 2.45) is 7.05 Å². The molecule has 0 unspecified atom stereocenters. The second kappa shape index (κ2) is 7.13. The number of hydrogen-bond donors (Lipinski definition) is 1. The van der Waals surface area contributed by atoms with Crippen LogP contribution in [0.4, 0.5) is 10.6 Å². The van der Waals surface area contributed by atoms with Gasteiger partial charge in [-0.25, -0.2) is 9.78 Å². The number of carbonyl (C=O) groups excluding carboxylic acids is 2. The minimum atomic E-state index is -0.474. The number of halogens is 2. The number of H-pyrrole nitrogens is 1. The average molecular weight is 439 g/mol. The van der Waals surface area contributed by atoms with E-state index in [1.165, 1.54) is 4.90 Å². The summed E-state index contributed by atoms with van der Waals surface area (Å²) in [5.41, 5.74) is 2.36. The first kappa shape index (κ1) is 18.5. The summed E-state index contributed by atoms with van der Waals surface area (Å²) in [4.78, 5) is 34.2. The van der Waals surface area contributed by atoms with E-state index in [1.807, 2.05) is 36.7 Å². The number of nitrogens with zero attached hydrogens (tertiary/aromatic N) is 4. The van der Waals surface area contributed by atoms with E-state index in [0.29, 0.717) is 27.7 Å². The normalized spacial score (nSPS) is 11.0. The molecule has 9 heteroatoms. The van der Waals surface area contributed by atoms with Crippen molar-refractivity contribution < 1.29 is 9.59 Å². The molecule has 0 fully saturated rings. The number of fused-ring (bicyclic) bond motifs is 1. The van der Waals surface area contributed by atoms with Crippen LogP contribution in [0.3, 0.4) is 0 Å². The summed E-state index contributed by atoms with van der Waals surface area (Å²) < 4.78 is 2.41. The van der Waals surface area contributed by atoms with Gasteiger partial charge in [0.15, 0.2) is 10.6 Å². The smallest absolute Gasteiger partial charge is 0.332 e. The average Bonchev–Trinajstić information content (AvgIpc) is 3.15. The number of hydrogen-bond acceptors (Lipinski definition) is 3. The lowest BCUT2D eigenvalue weighted by molar-refractivity contribution is -0.116. The Bertz CT molecular complexity index is 997. The van der Waals surface area contributed by atoms with E-state index < -0.39 is 6.03 Å². The Morgan fingerprint density at radius 2 is 2.19 bits per heavy atom. The molecule has 1 N–H and O–H groups in total. The number of carbonyl (C=O) groups is 2. The molecule has 3 rings (SSSR count). The van der Waals surface area contributed by atoms with Crippen LogP contribution in [-0.4, -0.2) is 38.9 Å². The number of urea groups is 1. The lowest BCUT2D eigenvalue weighted by Gasteiger charge is -2.22. The second-order valence-electron chi connectivity index (χ2n) is 5.92. The molecule has 7 nitrogen and oxygen atoms in total. The van der Waals surface area contributed by atoms with Crippen LogP contribution in [0.25, 0.3) is 10.9 Å². The molecule has 1 aromatic carbocycles. The van der Waals surface area contributed by atoms with E-state index >= 15 is 0 Å². The Morgan fingerprint density at radius 3 is 2.77 bits per heavy atom. The molecule has 0 bridgehead atoms. The standard InChI is InChI=1S/C17H17BrClN5O2/c1-10-15(21-16(18)22(10)2)23(3)17(26)24(9-25)8-11-7-12-13(19)5-4-6-14(12)20-11/h4-7,9,20H,8H2,1-3H3. The molecule has 136 valence electrons. The number of rotatable bonds is 4. The van der Waals surface area contributed by atoms with Crippen molar-refractivity contribution in [3.05, 3.63) is 45.4 Å². The van der Waals surface area contributed by atoms with Gasteiger partial charge in [0.25, 0.3) is 0 Å². The van der Waals surface area contributed by atoms with Crippen LogP contribution in [0.2, 0.25) is 5.02 Å². The van der Waals surface area contributed by atoms with Gasteiger partial charge < -0.3 is 9.55 Å². The highest BCUT2D eigenvalue weighted by atomic mass is 79.9. The molecule has 0 spiro atoms. The maximum atomic E-state index is 12.8. The third kappa shape index (κ3) is 3.22. The Balaban J connectivity index is 1.85. The van der Waals surface area contributed by atoms with Gasteiger partial charge in [-0.1, -0.05) is 17.7 Å². The Labute approximate surface area is 163 Å². The van der Waals surface area contributed by atoms with Crippen molar-refractivity contribution in [3.8, 4) is 0 Å². The van der Waals surface area contributed by atoms with Crippen molar-refractivity contribution in [2.45, 2.75) is 13.5 Å². The zero-order valence-corrected chi connectivity index (χ0v) is 16.8. The fourth-order valence-corrected chi connectivity index (χ4v) is 3.39. The second-order valence-corrected chi connectivity index (χ2v) is 7.04. The number of aromatic nitrogens is 3. The van der Waals surface area contributed by atoms with Gasteiger partial charge in [-0.05, 0) is 41.1 Å². The predicted octanol–water partition coefficient (Wildman–Crippen LogP) is 3.84. The van der Waals surface area contributed by atoms with Crippen LogP contribution in [0.1, 0.15) is 11.4 Å². The minimum Gasteiger partial charge on any atom is -0.357 e. The van der Waals surface area contributed by atoms with Crippen LogP contribution in [0.5, 0.6) is 0 Å². The fourth-order valence-electron chi connectivity index (χ4n) is 2.73. The van der Waals surface area contributed by atoms with Gasteiger partial charge in [0.1, 0.15) is 0 Å². The molecule has 0 aliphatic carbocycles. The van der Waals surface area contributed by atoms with Crippen LogP contribution < -0.4 is 4.90 Å². The van der Waals surface area contributed by atoms with E-state index in [4.69, 9.17) is 11.6 Å². The predicted molar refractivity (Wildman–Crippen MR) is 104 cm³/mol. The highest BCUT2D eigenvalue weighted by Gasteiger charge is 2.24. The molecule has 0 saturated heterocycles. The fraction of sp³-hybridized carbons (Fsp3) is 0.235. The largest absolute Gasteiger partial charge is 0.357 e. The molecule has 0 aliphatic heterocycles. The number of nitrogens with one attached hydrogen (secondary N) is 1. The number of imidazole rings is 1. The first-order valence-corrected chi connectivity index (χ1v) is 8.95. The maximum absolute atomic E-state index is 12.8. The van der Waals surface area contributed by atoms with Gasteiger partial charge in [-0.3, -0.25) is 14.6 Å². The summed E-state index contributed by atoms with van der Waals surface area (Å²) in [6.07, 6.45) is 0.513. The molecule has 3 amide bonds. The Morgan fingerprint density at radius 1 is 1.46 bits per heavy atom. The maximum Gasteiger partial charge on any atom is 0.332 e. The molecular weight excluding hydrogens is 422 g/mol. The van der Waals surface area contributed by atoms with E-state index in [-0.39, 0.29) is 6.54 Å². The molecule has 0 radical (unpaired) electrons. The summed E-state index contributed by atoms with van der Waals surface area (Å²) in [5, 5.41) is 1.46. The highest BCUT2D eigenvalue weighted by Crippen LogP contribution is 2.25. The van der Waals surface area contributed by atoms with Gasteiger partial charge in [0.2, 0.25) is 6.41 Å². The quantitative estimate of drug-likeness (QED) is 0.629. The third-order valence-corrected chi connectivity index (χ3v) is 5.33. The molecule has 0 aliphatic rings. The number of amides is 3. The molecular formula is C17H17BrClN5O2. The lowest BCUT2D eigenvalue weighted by Crippen LogP contribution is -2.40. The summed E-state index contributed by atoms with van der Waals surface area (Å²) in [5.74, 6) is 0.482. The van der Waals surface area contributed by atoms with Gasteiger partial charge in [-0.2, -0.15) is 0 Å². The summed E-state index contributed by atoms with van der Waals surface area (Å²) >= 11 is 9.51. The van der Waals surface area contributed by atoms with E-state index in [1.54, 1.807) is 13.1 Å². The first-order chi connectivity index (χ1) is 12.3. The van der Waals surface area contributed by atoms with Gasteiger partial charge >= 0.3 is 6.03 Å². The van der Waals surface area contributed by atoms with Crippen molar-refractivity contribution >= 4 is 56.7 Å². The number of benzene rings is 1. The molecule has 2 aromatic heterocycles. The molecule has 2 heterocycles. The van der Waals surface area contributed by atoms with E-state index in [2.05, 4.69) is 25.9 Å². The zero-order valence-electron chi connectivity index (χ0n) is 14.5. The Kier molecular flexibility index (Phi) is 5.06. The van der Waals surface area contributed by atoms with Crippen LogP contribution in [-0.2, 0) is 18.4 Å². The molecule has 3 aromatic rings. The number of anilines is 1. The number of imide groups is 1. The van der Waals surface area contributed by atoms with Crippen LogP contribution in [0, 0.1) is 6.92 Å². The Hall–Kier alpha value is -2.32. The summed E-state index contributed by atoms with van der Waals surface area (Å²) in [6.45, 7) is 1.95. The molecule has 0 saturated carbocycles. The highest BCUT2D eigenvalue weighted by molar-refractivity contribution is 9.10. The lowest BCUT2D eigenvalue weighted by atomic mass is 10.2. The third-order valence-electron chi connectivity index (χ3n) is 4.29. The van der Waals surface area contributed by atoms with Crippen molar-refractivity contribution in [1.82, 2.24) is 19.4 Å². The van der Waals surface area contributed by atoms with Gasteiger partial charge in [0.05, 0.1) is 12.2 Å². The first-order valence-electron chi connectivity index (χ1n) is 7.78. The topological polar surface area (TPSA) is 74.2 Å². The zero-order chi connectivity index (χ0) is 19.0. The monoisotopic (exact) mass is 437 g/mol. The summed E-state index contributed by atoms with van der Waals surface area (Å²) in [6, 6.07) is 6.88. The molecule has 26 heavy (non-hydrogen) atoms. The number of aromatic amines is 1. The van der Waals surface area contributed by atoms with E-state index in [0.717, 1.165) is 21.5 Å². The van der Waals surface area contributed by atoms with Crippen molar-refractivity contribution in [1.29, 1.82) is 0 Å². The summed E-state index contributed by atoms with van der Waals surface area (Å²) in [7, 11) is 3.42. The van der Waals surface area contributed by atoms with Crippen molar-refractivity contribution in [2.75, 3.05) is 11.9 Å². The van der Waals surface area contributed by atoms with E-state index in [9.17, 15) is 9.59 Å².